The smallest absolute Gasteiger partial charge is 0.282 e. The molecule has 0 bridgehead atoms. The van der Waals surface area contributed by atoms with E-state index >= 15 is 0 Å². The third-order valence-corrected chi connectivity index (χ3v) is 10.5. The molecule has 1 saturated carbocycles. The number of carbonyl (C=O) groups excluding carboxylic acids is 1. The topological polar surface area (TPSA) is 96.8 Å². The number of nitrogens with zero attached hydrogens (tertiary/aromatic N) is 4. The van der Waals surface area contributed by atoms with Crippen LogP contribution in [0.4, 0.5) is 5.00 Å². The van der Waals surface area contributed by atoms with Crippen LogP contribution in [0.5, 0.6) is 0 Å². The highest BCUT2D eigenvalue weighted by molar-refractivity contribution is 7.86. The van der Waals surface area contributed by atoms with Crippen molar-refractivity contribution in [1.29, 1.82) is 5.26 Å². The van der Waals surface area contributed by atoms with Gasteiger partial charge in [-0.3, -0.25) is 9.69 Å². The molecule has 3 aliphatic rings. The van der Waals surface area contributed by atoms with Crippen molar-refractivity contribution in [2.45, 2.75) is 70.3 Å². The minimum atomic E-state index is -3.47. The normalized spacial score (nSPS) is 21.4. The fraction of sp³-hybridized carbons (Fsp3) is 0.739. The standard InChI is InChI=1S/C23H35N5O3S2/c1-26(18-8-4-2-5-9-18)33(30,31)28-14-12-27(13-15-28)17-22(29)25-23-20(16-24)19-10-6-3-7-11-21(19)32-23/h18H,2-15,17H2,1H3,(H,25,29). The van der Waals surface area contributed by atoms with Crippen molar-refractivity contribution in [2.75, 3.05) is 45.1 Å². The Morgan fingerprint density at radius 1 is 1.09 bits per heavy atom. The first-order valence-electron chi connectivity index (χ1n) is 12.2. The second-order valence-corrected chi connectivity index (χ2v) is 12.5. The van der Waals surface area contributed by atoms with Gasteiger partial charge in [0.05, 0.1) is 12.1 Å². The third-order valence-electron chi connectivity index (χ3n) is 7.26. The molecule has 2 aliphatic carbocycles. The van der Waals surface area contributed by atoms with Crippen molar-refractivity contribution < 1.29 is 13.2 Å². The number of rotatable bonds is 6. The number of nitriles is 1. The van der Waals surface area contributed by atoms with Gasteiger partial charge >= 0.3 is 0 Å². The van der Waals surface area contributed by atoms with Crippen LogP contribution >= 0.6 is 11.3 Å². The molecule has 33 heavy (non-hydrogen) atoms. The molecule has 1 aromatic rings. The molecule has 0 radical (unpaired) electrons. The first kappa shape index (κ1) is 24.6. The zero-order valence-electron chi connectivity index (χ0n) is 19.5. The van der Waals surface area contributed by atoms with Gasteiger partial charge in [-0.2, -0.15) is 22.3 Å². The van der Waals surface area contributed by atoms with E-state index in [0.29, 0.717) is 36.7 Å². The highest BCUT2D eigenvalue weighted by Gasteiger charge is 2.35. The Kier molecular flexibility index (Phi) is 8.07. The van der Waals surface area contributed by atoms with Crippen LogP contribution in [-0.2, 0) is 27.8 Å². The van der Waals surface area contributed by atoms with E-state index in [0.717, 1.165) is 56.9 Å². The lowest BCUT2D eigenvalue weighted by molar-refractivity contribution is -0.117. The van der Waals surface area contributed by atoms with Gasteiger partial charge in [0.25, 0.3) is 10.2 Å². The molecule has 1 amide bonds. The summed E-state index contributed by atoms with van der Waals surface area (Å²) in [6, 6.07) is 2.40. The van der Waals surface area contributed by atoms with Gasteiger partial charge < -0.3 is 5.32 Å². The number of aryl methyl sites for hydroxylation is 1. The van der Waals surface area contributed by atoms with Crippen LogP contribution in [0.2, 0.25) is 0 Å². The fourth-order valence-corrected chi connectivity index (χ4v) is 8.08. The van der Waals surface area contributed by atoms with Gasteiger partial charge in [-0.1, -0.05) is 25.7 Å². The third kappa shape index (κ3) is 5.60. The van der Waals surface area contributed by atoms with Gasteiger partial charge in [0.2, 0.25) is 5.91 Å². The van der Waals surface area contributed by atoms with Crippen LogP contribution in [-0.4, -0.2) is 73.6 Å². The maximum atomic E-state index is 13.1. The Balaban J connectivity index is 1.30. The lowest BCUT2D eigenvalue weighted by Gasteiger charge is -2.38. The quantitative estimate of drug-likeness (QED) is 0.615. The highest BCUT2D eigenvalue weighted by Crippen LogP contribution is 2.37. The molecule has 2 fully saturated rings. The summed E-state index contributed by atoms with van der Waals surface area (Å²) < 4.78 is 29.3. The van der Waals surface area contributed by atoms with E-state index in [4.69, 9.17) is 0 Å². The molecule has 8 nitrogen and oxygen atoms in total. The summed E-state index contributed by atoms with van der Waals surface area (Å²) in [7, 11) is -1.76. The lowest BCUT2D eigenvalue weighted by atomic mass is 9.96. The summed E-state index contributed by atoms with van der Waals surface area (Å²) in [6.07, 6.45) is 10.6. The number of thiophene rings is 1. The molecule has 0 aromatic carbocycles. The van der Waals surface area contributed by atoms with Crippen molar-refractivity contribution in [1.82, 2.24) is 13.5 Å². The van der Waals surface area contributed by atoms with Crippen molar-refractivity contribution in [2.24, 2.45) is 0 Å². The molecule has 4 rings (SSSR count). The number of fused-ring (bicyclic) bond motifs is 1. The molecule has 182 valence electrons. The van der Waals surface area contributed by atoms with Crippen LogP contribution in [0.1, 0.15) is 67.4 Å². The molecule has 10 heteroatoms. The minimum absolute atomic E-state index is 0.0998. The van der Waals surface area contributed by atoms with E-state index in [2.05, 4.69) is 11.4 Å². The van der Waals surface area contributed by atoms with Gasteiger partial charge in [-0.15, -0.1) is 11.3 Å². The molecule has 0 unspecified atom stereocenters. The number of amides is 1. The van der Waals surface area contributed by atoms with E-state index in [-0.39, 0.29) is 18.5 Å². The first-order chi connectivity index (χ1) is 15.9. The number of carbonyl (C=O) groups is 1. The summed E-state index contributed by atoms with van der Waals surface area (Å²) in [5.74, 6) is -0.140. The van der Waals surface area contributed by atoms with Crippen molar-refractivity contribution in [3.05, 3.63) is 16.0 Å². The molecule has 0 spiro atoms. The van der Waals surface area contributed by atoms with Crippen LogP contribution in [0, 0.1) is 11.3 Å². The Hall–Kier alpha value is -1.51. The summed E-state index contributed by atoms with van der Waals surface area (Å²) in [4.78, 5) is 16.0. The average molecular weight is 494 g/mol. The van der Waals surface area contributed by atoms with Gasteiger partial charge in [0.1, 0.15) is 11.1 Å². The van der Waals surface area contributed by atoms with Crippen LogP contribution in [0.25, 0.3) is 0 Å². The van der Waals surface area contributed by atoms with Crippen molar-refractivity contribution in [3.8, 4) is 6.07 Å². The Morgan fingerprint density at radius 2 is 1.76 bits per heavy atom. The van der Waals surface area contributed by atoms with Gasteiger partial charge in [-0.25, -0.2) is 0 Å². The predicted octanol–water partition coefficient (Wildman–Crippen LogP) is 2.95. The van der Waals surface area contributed by atoms with E-state index in [9.17, 15) is 18.5 Å². The Bertz CT molecular complexity index is 986. The number of hydrogen-bond acceptors (Lipinski definition) is 6. The van der Waals surface area contributed by atoms with E-state index in [1.54, 1.807) is 27.0 Å². The van der Waals surface area contributed by atoms with Gasteiger partial charge in [0.15, 0.2) is 0 Å². The summed E-state index contributed by atoms with van der Waals surface area (Å²) >= 11 is 1.54. The van der Waals surface area contributed by atoms with Crippen LogP contribution < -0.4 is 5.32 Å². The van der Waals surface area contributed by atoms with Crippen LogP contribution in [0.3, 0.4) is 0 Å². The fourth-order valence-electron chi connectivity index (χ4n) is 5.25. The van der Waals surface area contributed by atoms with E-state index in [1.807, 2.05) is 4.90 Å². The minimum Gasteiger partial charge on any atom is -0.315 e. The van der Waals surface area contributed by atoms with E-state index in [1.165, 1.54) is 17.7 Å². The largest absolute Gasteiger partial charge is 0.315 e. The second kappa shape index (κ2) is 10.8. The number of nitrogens with one attached hydrogen (secondary N) is 1. The zero-order valence-corrected chi connectivity index (χ0v) is 21.1. The monoisotopic (exact) mass is 493 g/mol. The second-order valence-electron chi connectivity index (χ2n) is 9.42. The van der Waals surface area contributed by atoms with Gasteiger partial charge in [0, 0.05) is 44.1 Å². The summed E-state index contributed by atoms with van der Waals surface area (Å²) in [5, 5.41) is 13.3. The number of anilines is 1. The molecular weight excluding hydrogens is 458 g/mol. The zero-order chi connectivity index (χ0) is 23.4. The van der Waals surface area contributed by atoms with Crippen molar-refractivity contribution in [3.63, 3.8) is 0 Å². The predicted molar refractivity (Wildman–Crippen MR) is 130 cm³/mol. The average Bonchev–Trinajstić information content (AvgIpc) is 2.98. The van der Waals surface area contributed by atoms with E-state index < -0.39 is 10.2 Å². The maximum Gasteiger partial charge on any atom is 0.282 e. The molecule has 1 N–H and O–H groups in total. The molecular formula is C23H35N5O3S2. The molecule has 1 aromatic heterocycles. The SMILES string of the molecule is CN(C1CCCCC1)S(=O)(=O)N1CCN(CC(=O)Nc2sc3c(c2C#N)CCCCC3)CC1. The summed E-state index contributed by atoms with van der Waals surface area (Å²) in [5.41, 5.74) is 1.75. The maximum absolute atomic E-state index is 13.1. The highest BCUT2D eigenvalue weighted by atomic mass is 32.2. The molecule has 1 saturated heterocycles. The lowest BCUT2D eigenvalue weighted by Crippen LogP contribution is -2.55. The molecule has 2 heterocycles. The number of piperazine rings is 1. The van der Waals surface area contributed by atoms with Gasteiger partial charge in [-0.05, 0) is 44.1 Å². The Morgan fingerprint density at radius 3 is 2.45 bits per heavy atom. The van der Waals surface area contributed by atoms with Crippen LogP contribution in [0.15, 0.2) is 0 Å². The number of hydrogen-bond donors (Lipinski definition) is 1. The summed E-state index contributed by atoms with van der Waals surface area (Å²) in [6.45, 7) is 2.04. The first-order valence-corrected chi connectivity index (χ1v) is 14.4. The Labute approximate surface area is 201 Å². The molecule has 0 atom stereocenters. The van der Waals surface area contributed by atoms with Crippen molar-refractivity contribution >= 4 is 32.5 Å². The molecule has 1 aliphatic heterocycles.